The average molecular weight is 411 g/mol. The second-order valence-electron chi connectivity index (χ2n) is 10.2. The number of quaternary nitrogens is 1. The maximum absolute atomic E-state index is 2.57. The van der Waals surface area contributed by atoms with Gasteiger partial charge in [-0.05, 0) is 38.5 Å². The van der Waals surface area contributed by atoms with Crippen molar-refractivity contribution in [2.45, 2.75) is 156 Å². The quantitative estimate of drug-likeness (QED) is 0.110. The van der Waals surface area contributed by atoms with E-state index in [1.54, 1.807) is 0 Å². The second-order valence-corrected chi connectivity index (χ2v) is 10.2. The van der Waals surface area contributed by atoms with Gasteiger partial charge < -0.3 is 4.48 Å². The molecule has 0 radical (unpaired) electrons. The molecular weight excluding hydrogens is 350 g/mol. The third kappa shape index (κ3) is 21.0. The van der Waals surface area contributed by atoms with Gasteiger partial charge in [-0.15, -0.1) is 0 Å². The van der Waals surface area contributed by atoms with E-state index < -0.39 is 0 Å². The van der Waals surface area contributed by atoms with Crippen LogP contribution in [0.4, 0.5) is 0 Å². The van der Waals surface area contributed by atoms with E-state index in [9.17, 15) is 0 Å². The highest BCUT2D eigenvalue weighted by molar-refractivity contribution is 4.51. The summed E-state index contributed by atoms with van der Waals surface area (Å²) in [5.74, 6) is 0. The van der Waals surface area contributed by atoms with Crippen molar-refractivity contribution < 1.29 is 4.48 Å². The zero-order valence-corrected chi connectivity index (χ0v) is 21.4. The molecule has 1 unspecified atom stereocenters. The SMILES string of the molecule is CCCCCCCCCCC[N+](C)(CCCCCC)CCCCCCCCCC. The van der Waals surface area contributed by atoms with Crippen LogP contribution in [0.3, 0.4) is 0 Å². The minimum atomic E-state index is 1.36. The average Bonchev–Trinajstić information content (AvgIpc) is 2.72. The molecule has 0 aliphatic rings. The Hall–Kier alpha value is -0.0400. The molecule has 0 aromatic heterocycles. The second kappa shape index (κ2) is 22.6. The van der Waals surface area contributed by atoms with E-state index in [2.05, 4.69) is 27.8 Å². The number of hydrogen-bond acceptors (Lipinski definition) is 0. The Labute approximate surface area is 187 Å². The molecule has 0 saturated carbocycles. The van der Waals surface area contributed by atoms with Crippen molar-refractivity contribution in [3.8, 4) is 0 Å². The summed E-state index contributed by atoms with van der Waals surface area (Å²) >= 11 is 0. The third-order valence-electron chi connectivity index (χ3n) is 6.90. The largest absolute Gasteiger partial charge is 0.326 e. The Morgan fingerprint density at radius 1 is 0.310 bits per heavy atom. The number of nitrogens with zero attached hydrogens (tertiary/aromatic N) is 1. The summed E-state index contributed by atoms with van der Waals surface area (Å²) in [7, 11) is 2.57. The first-order chi connectivity index (χ1) is 14.2. The molecule has 0 spiro atoms. The summed E-state index contributed by atoms with van der Waals surface area (Å²) in [5.41, 5.74) is 0. The molecular formula is C28H60N+. The maximum Gasteiger partial charge on any atom is 0.0784 e. The van der Waals surface area contributed by atoms with Crippen LogP contribution in [0.15, 0.2) is 0 Å². The predicted octanol–water partition coefficient (Wildman–Crippen LogP) is 9.68. The summed E-state index contributed by atoms with van der Waals surface area (Å²) in [6.45, 7) is 11.2. The van der Waals surface area contributed by atoms with Crippen molar-refractivity contribution in [3.05, 3.63) is 0 Å². The van der Waals surface area contributed by atoms with Gasteiger partial charge in [-0.3, -0.25) is 0 Å². The summed E-state index contributed by atoms with van der Waals surface area (Å²) in [4.78, 5) is 0. The van der Waals surface area contributed by atoms with Crippen LogP contribution in [0.1, 0.15) is 156 Å². The van der Waals surface area contributed by atoms with Crippen LogP contribution in [0.25, 0.3) is 0 Å². The minimum Gasteiger partial charge on any atom is -0.326 e. The van der Waals surface area contributed by atoms with E-state index in [4.69, 9.17) is 0 Å². The van der Waals surface area contributed by atoms with Crippen molar-refractivity contribution in [3.63, 3.8) is 0 Å². The van der Waals surface area contributed by atoms with Crippen LogP contribution in [-0.2, 0) is 0 Å². The van der Waals surface area contributed by atoms with Crippen LogP contribution in [0.2, 0.25) is 0 Å². The summed E-state index contributed by atoms with van der Waals surface area (Å²) in [5, 5.41) is 0. The van der Waals surface area contributed by atoms with Crippen molar-refractivity contribution in [2.24, 2.45) is 0 Å². The van der Waals surface area contributed by atoms with Crippen molar-refractivity contribution in [1.82, 2.24) is 0 Å². The molecule has 0 bridgehead atoms. The molecule has 176 valence electrons. The smallest absolute Gasteiger partial charge is 0.0784 e. The molecule has 0 aliphatic carbocycles. The molecule has 29 heavy (non-hydrogen) atoms. The molecule has 1 atom stereocenters. The minimum absolute atomic E-state index is 1.36. The van der Waals surface area contributed by atoms with Gasteiger partial charge in [0.15, 0.2) is 0 Å². The van der Waals surface area contributed by atoms with Gasteiger partial charge in [0.05, 0.1) is 26.7 Å². The normalized spacial score (nSPS) is 13.7. The first-order valence-electron chi connectivity index (χ1n) is 14.0. The molecule has 0 saturated heterocycles. The van der Waals surface area contributed by atoms with Gasteiger partial charge in [-0.25, -0.2) is 0 Å². The van der Waals surface area contributed by atoms with E-state index in [1.807, 2.05) is 0 Å². The van der Waals surface area contributed by atoms with Gasteiger partial charge in [-0.1, -0.05) is 117 Å². The van der Waals surface area contributed by atoms with E-state index in [1.165, 1.54) is 159 Å². The Bertz CT molecular complexity index is 301. The molecule has 0 aromatic rings. The Kier molecular flexibility index (Phi) is 22.6. The molecule has 0 rings (SSSR count). The number of hydrogen-bond donors (Lipinski definition) is 0. The van der Waals surface area contributed by atoms with Gasteiger partial charge in [0.25, 0.3) is 0 Å². The predicted molar refractivity (Wildman–Crippen MR) is 135 cm³/mol. The topological polar surface area (TPSA) is 0 Å². The van der Waals surface area contributed by atoms with Crippen LogP contribution in [-0.4, -0.2) is 31.2 Å². The fraction of sp³-hybridized carbons (Fsp3) is 1.00. The molecule has 0 aliphatic heterocycles. The summed E-state index contributed by atoms with van der Waals surface area (Å²) in [6, 6.07) is 0. The van der Waals surface area contributed by atoms with Crippen LogP contribution < -0.4 is 0 Å². The maximum atomic E-state index is 2.57. The summed E-state index contributed by atoms with van der Waals surface area (Å²) < 4.78 is 1.36. The van der Waals surface area contributed by atoms with Crippen LogP contribution in [0.5, 0.6) is 0 Å². The zero-order valence-electron chi connectivity index (χ0n) is 21.4. The molecule has 0 heterocycles. The molecule has 1 nitrogen and oxygen atoms in total. The lowest BCUT2D eigenvalue weighted by atomic mass is 10.1. The fourth-order valence-electron chi connectivity index (χ4n) is 4.69. The Morgan fingerprint density at radius 2 is 0.517 bits per heavy atom. The molecule has 1 heteroatoms. The number of unbranched alkanes of at least 4 members (excludes halogenated alkanes) is 18. The first kappa shape index (κ1) is 29.0. The van der Waals surface area contributed by atoms with Gasteiger partial charge >= 0.3 is 0 Å². The van der Waals surface area contributed by atoms with Crippen LogP contribution >= 0.6 is 0 Å². The van der Waals surface area contributed by atoms with Gasteiger partial charge in [-0.2, -0.15) is 0 Å². The molecule has 0 aromatic carbocycles. The van der Waals surface area contributed by atoms with E-state index in [-0.39, 0.29) is 0 Å². The lowest BCUT2D eigenvalue weighted by Gasteiger charge is -2.35. The van der Waals surface area contributed by atoms with E-state index in [0.717, 1.165) is 0 Å². The first-order valence-corrected chi connectivity index (χ1v) is 14.0. The van der Waals surface area contributed by atoms with E-state index in [0.29, 0.717) is 0 Å². The van der Waals surface area contributed by atoms with Crippen molar-refractivity contribution in [2.75, 3.05) is 26.7 Å². The van der Waals surface area contributed by atoms with E-state index >= 15 is 0 Å². The van der Waals surface area contributed by atoms with Gasteiger partial charge in [0, 0.05) is 0 Å². The highest BCUT2D eigenvalue weighted by Crippen LogP contribution is 2.16. The summed E-state index contributed by atoms with van der Waals surface area (Å²) in [6.07, 6.45) is 30.3. The van der Waals surface area contributed by atoms with Crippen molar-refractivity contribution in [1.29, 1.82) is 0 Å². The van der Waals surface area contributed by atoms with Crippen molar-refractivity contribution >= 4 is 0 Å². The monoisotopic (exact) mass is 410 g/mol. The lowest BCUT2D eigenvalue weighted by Crippen LogP contribution is -2.46. The number of rotatable bonds is 24. The van der Waals surface area contributed by atoms with Crippen LogP contribution in [0, 0.1) is 0 Å². The van der Waals surface area contributed by atoms with Gasteiger partial charge in [0.1, 0.15) is 0 Å². The molecule has 0 amide bonds. The Morgan fingerprint density at radius 3 is 0.793 bits per heavy atom. The zero-order chi connectivity index (χ0) is 21.5. The highest BCUT2D eigenvalue weighted by Gasteiger charge is 2.20. The molecule has 0 fully saturated rings. The third-order valence-corrected chi connectivity index (χ3v) is 6.90. The Balaban J connectivity index is 3.92. The standard InChI is InChI=1S/C28H60N/c1-5-8-11-14-16-18-20-22-25-28-29(4,26-23-13-10-7-3)27-24-21-19-17-15-12-9-6-2/h5-28H2,1-4H3/q+1. The molecule has 0 N–H and O–H groups in total. The fourth-order valence-corrected chi connectivity index (χ4v) is 4.69. The lowest BCUT2D eigenvalue weighted by molar-refractivity contribution is -0.910. The van der Waals surface area contributed by atoms with Gasteiger partial charge in [0.2, 0.25) is 0 Å². The highest BCUT2D eigenvalue weighted by atomic mass is 15.3.